The van der Waals surface area contributed by atoms with Crippen molar-refractivity contribution in [3.05, 3.63) is 52.2 Å². The van der Waals surface area contributed by atoms with Crippen molar-refractivity contribution >= 4 is 17.2 Å². The van der Waals surface area contributed by atoms with Gasteiger partial charge in [0.2, 0.25) is 0 Å². The highest BCUT2D eigenvalue weighted by molar-refractivity contribution is 7.10. The average Bonchev–Trinajstić information content (AvgIpc) is 3.09. The highest BCUT2D eigenvalue weighted by Gasteiger charge is 2.15. The molecule has 2 rings (SSSR count). The average molecular weight is 333 g/mol. The van der Waals surface area contributed by atoms with Crippen LogP contribution in [0.15, 0.2) is 41.8 Å². The van der Waals surface area contributed by atoms with Gasteiger partial charge in [0.1, 0.15) is 5.75 Å². The number of hydrogen-bond donors (Lipinski definition) is 2. The van der Waals surface area contributed by atoms with E-state index in [0.29, 0.717) is 30.9 Å². The number of para-hydroxylation sites is 1. The van der Waals surface area contributed by atoms with Crippen LogP contribution in [0.2, 0.25) is 0 Å². The first-order chi connectivity index (χ1) is 11.3. The lowest BCUT2D eigenvalue weighted by Crippen LogP contribution is -2.26. The zero-order chi connectivity index (χ0) is 16.5. The van der Waals surface area contributed by atoms with Gasteiger partial charge in [0.25, 0.3) is 5.91 Å². The van der Waals surface area contributed by atoms with E-state index >= 15 is 0 Å². The third kappa shape index (κ3) is 5.08. The normalized spacial score (nSPS) is 11.9. The standard InChI is InChI=1S/C18H23NO3S/c1-2-22-16-7-4-3-6-15(16)18(21)19-11-9-14(10-12-20)17-8-5-13-23-17/h3-8,13-14,20H,2,9-12H2,1H3,(H,19,21)/t14-/m0/s1. The predicted octanol–water partition coefficient (Wildman–Crippen LogP) is 3.43. The minimum absolute atomic E-state index is 0.122. The van der Waals surface area contributed by atoms with Crippen molar-refractivity contribution in [3.63, 3.8) is 0 Å². The molecule has 0 fully saturated rings. The SMILES string of the molecule is CCOc1ccccc1C(=O)NCC[C@@H](CCO)c1cccs1. The number of carbonyl (C=O) groups is 1. The molecule has 2 N–H and O–H groups in total. The van der Waals surface area contributed by atoms with Gasteiger partial charge in [-0.2, -0.15) is 0 Å². The Morgan fingerprint density at radius 2 is 2.09 bits per heavy atom. The Morgan fingerprint density at radius 3 is 2.78 bits per heavy atom. The summed E-state index contributed by atoms with van der Waals surface area (Å²) in [7, 11) is 0. The second-order valence-electron chi connectivity index (χ2n) is 5.20. The van der Waals surface area contributed by atoms with E-state index in [1.165, 1.54) is 4.88 Å². The minimum Gasteiger partial charge on any atom is -0.493 e. The van der Waals surface area contributed by atoms with E-state index in [0.717, 1.165) is 6.42 Å². The van der Waals surface area contributed by atoms with Gasteiger partial charge in [-0.3, -0.25) is 4.79 Å². The molecule has 0 aliphatic carbocycles. The van der Waals surface area contributed by atoms with Crippen molar-refractivity contribution in [2.75, 3.05) is 19.8 Å². The van der Waals surface area contributed by atoms with Crippen molar-refractivity contribution in [2.45, 2.75) is 25.7 Å². The molecule has 0 spiro atoms. The highest BCUT2D eigenvalue weighted by atomic mass is 32.1. The second-order valence-corrected chi connectivity index (χ2v) is 6.18. The maximum absolute atomic E-state index is 12.3. The number of thiophene rings is 1. The summed E-state index contributed by atoms with van der Waals surface area (Å²) in [6.07, 6.45) is 1.52. The van der Waals surface area contributed by atoms with Crippen molar-refractivity contribution in [1.82, 2.24) is 5.32 Å². The van der Waals surface area contributed by atoms with Gasteiger partial charge in [0.15, 0.2) is 0 Å². The number of amides is 1. The molecule has 0 bridgehead atoms. The summed E-state index contributed by atoms with van der Waals surface area (Å²) in [5, 5.41) is 14.2. The number of benzene rings is 1. The molecule has 1 amide bonds. The molecule has 124 valence electrons. The smallest absolute Gasteiger partial charge is 0.255 e. The molecule has 0 aliphatic heterocycles. The summed E-state index contributed by atoms with van der Waals surface area (Å²) in [6, 6.07) is 11.4. The largest absolute Gasteiger partial charge is 0.493 e. The lowest BCUT2D eigenvalue weighted by Gasteiger charge is -2.15. The first kappa shape index (κ1) is 17.5. The Kier molecular flexibility index (Phi) is 7.10. The first-order valence-electron chi connectivity index (χ1n) is 7.90. The second kappa shape index (κ2) is 9.33. The maximum atomic E-state index is 12.3. The van der Waals surface area contributed by atoms with Crippen LogP contribution in [0.1, 0.15) is 40.9 Å². The number of nitrogens with one attached hydrogen (secondary N) is 1. The van der Waals surface area contributed by atoms with Gasteiger partial charge < -0.3 is 15.2 Å². The van der Waals surface area contributed by atoms with E-state index in [4.69, 9.17) is 4.74 Å². The summed E-state index contributed by atoms with van der Waals surface area (Å²) < 4.78 is 5.49. The minimum atomic E-state index is -0.122. The Balaban J connectivity index is 1.91. The molecule has 4 nitrogen and oxygen atoms in total. The number of aliphatic hydroxyl groups excluding tert-OH is 1. The van der Waals surface area contributed by atoms with Gasteiger partial charge in [0, 0.05) is 18.0 Å². The fourth-order valence-electron chi connectivity index (χ4n) is 2.50. The van der Waals surface area contributed by atoms with Crippen molar-refractivity contribution in [2.24, 2.45) is 0 Å². The fraction of sp³-hybridized carbons (Fsp3) is 0.389. The van der Waals surface area contributed by atoms with Gasteiger partial charge >= 0.3 is 0 Å². The molecule has 0 radical (unpaired) electrons. The van der Waals surface area contributed by atoms with Crippen LogP contribution in [0, 0.1) is 0 Å². The lowest BCUT2D eigenvalue weighted by molar-refractivity contribution is 0.0948. The molecule has 0 saturated carbocycles. The van der Waals surface area contributed by atoms with Gasteiger partial charge in [0.05, 0.1) is 12.2 Å². The summed E-state index contributed by atoms with van der Waals surface area (Å²) in [5.74, 6) is 0.767. The topological polar surface area (TPSA) is 58.6 Å². The van der Waals surface area contributed by atoms with Crippen LogP contribution in [-0.4, -0.2) is 30.8 Å². The van der Waals surface area contributed by atoms with Crippen LogP contribution in [0.3, 0.4) is 0 Å². The van der Waals surface area contributed by atoms with Crippen LogP contribution >= 0.6 is 11.3 Å². The molecular weight excluding hydrogens is 310 g/mol. The Morgan fingerprint density at radius 1 is 1.26 bits per heavy atom. The van der Waals surface area contributed by atoms with Gasteiger partial charge in [-0.05, 0) is 49.3 Å². The first-order valence-corrected chi connectivity index (χ1v) is 8.78. The highest BCUT2D eigenvalue weighted by Crippen LogP contribution is 2.27. The van der Waals surface area contributed by atoms with Crippen LogP contribution in [0.25, 0.3) is 0 Å². The zero-order valence-corrected chi connectivity index (χ0v) is 14.1. The Hall–Kier alpha value is -1.85. The number of rotatable bonds is 9. The summed E-state index contributed by atoms with van der Waals surface area (Å²) in [6.45, 7) is 3.15. The van der Waals surface area contributed by atoms with Crippen LogP contribution in [-0.2, 0) is 0 Å². The third-order valence-electron chi connectivity index (χ3n) is 3.63. The summed E-state index contributed by atoms with van der Waals surface area (Å²) in [4.78, 5) is 13.6. The molecule has 23 heavy (non-hydrogen) atoms. The molecule has 2 aromatic rings. The third-order valence-corrected chi connectivity index (χ3v) is 4.67. The Bertz CT molecular complexity index is 598. The fourth-order valence-corrected chi connectivity index (χ4v) is 3.40. The summed E-state index contributed by atoms with van der Waals surface area (Å²) in [5.41, 5.74) is 0.559. The van der Waals surface area contributed by atoms with E-state index < -0.39 is 0 Å². The van der Waals surface area contributed by atoms with Gasteiger partial charge in [-0.25, -0.2) is 0 Å². The van der Waals surface area contributed by atoms with E-state index in [2.05, 4.69) is 11.4 Å². The van der Waals surface area contributed by atoms with E-state index in [9.17, 15) is 9.90 Å². The van der Waals surface area contributed by atoms with Crippen molar-refractivity contribution < 1.29 is 14.6 Å². The number of aliphatic hydroxyl groups is 1. The number of ether oxygens (including phenoxy) is 1. The monoisotopic (exact) mass is 333 g/mol. The maximum Gasteiger partial charge on any atom is 0.255 e. The molecule has 5 heteroatoms. The van der Waals surface area contributed by atoms with Crippen LogP contribution < -0.4 is 10.1 Å². The molecular formula is C18H23NO3S. The number of hydrogen-bond acceptors (Lipinski definition) is 4. The quantitative estimate of drug-likeness (QED) is 0.739. The molecule has 0 saturated heterocycles. The van der Waals surface area contributed by atoms with Gasteiger partial charge in [-0.1, -0.05) is 18.2 Å². The molecule has 1 heterocycles. The van der Waals surface area contributed by atoms with Gasteiger partial charge in [-0.15, -0.1) is 11.3 Å². The number of carbonyl (C=O) groups excluding carboxylic acids is 1. The lowest BCUT2D eigenvalue weighted by atomic mass is 10.00. The predicted molar refractivity (Wildman–Crippen MR) is 93.3 cm³/mol. The van der Waals surface area contributed by atoms with Crippen LogP contribution in [0.4, 0.5) is 0 Å². The summed E-state index contributed by atoms with van der Waals surface area (Å²) >= 11 is 1.69. The Labute approximate surface area is 141 Å². The molecule has 0 aliphatic rings. The van der Waals surface area contributed by atoms with Crippen LogP contribution in [0.5, 0.6) is 5.75 Å². The van der Waals surface area contributed by atoms with Crippen molar-refractivity contribution in [3.8, 4) is 5.75 Å². The van der Waals surface area contributed by atoms with Crippen molar-refractivity contribution in [1.29, 1.82) is 0 Å². The van der Waals surface area contributed by atoms with E-state index in [-0.39, 0.29) is 18.4 Å². The molecule has 1 aromatic carbocycles. The molecule has 1 aromatic heterocycles. The molecule has 0 unspecified atom stereocenters. The van der Waals surface area contributed by atoms with E-state index in [1.54, 1.807) is 23.5 Å². The molecule has 1 atom stereocenters. The zero-order valence-electron chi connectivity index (χ0n) is 13.3. The van der Waals surface area contributed by atoms with E-state index in [1.807, 2.05) is 30.5 Å².